The zero-order chi connectivity index (χ0) is 67.5. The van der Waals surface area contributed by atoms with E-state index in [0.717, 1.165) is 84.5 Å². The molecule has 20 nitrogen and oxygen atoms in total. The van der Waals surface area contributed by atoms with Crippen LogP contribution >= 0.6 is 23.4 Å². The molecule has 508 valence electrons. The molecule has 0 aromatic heterocycles. The molecule has 2 unspecified atom stereocenters. The average Bonchev–Trinajstić information content (AvgIpc) is 1.72. The van der Waals surface area contributed by atoms with E-state index in [1.54, 1.807) is 30.3 Å². The number of piperazine rings is 1. The molecule has 4 aliphatic heterocycles. The lowest BCUT2D eigenvalue weighted by Gasteiger charge is -2.41. The molecule has 95 heavy (non-hydrogen) atoms. The molecule has 0 saturated carbocycles. The highest BCUT2D eigenvalue weighted by molar-refractivity contribution is 7.99. The molecule has 5 aromatic carbocycles. The number of sulfonamides is 1. The van der Waals surface area contributed by atoms with Gasteiger partial charge in [-0.2, -0.15) is 13.2 Å². The van der Waals surface area contributed by atoms with Gasteiger partial charge < -0.3 is 25.6 Å². The van der Waals surface area contributed by atoms with E-state index in [1.807, 2.05) is 59.3 Å². The van der Waals surface area contributed by atoms with Crippen LogP contribution in [-0.2, 0) is 39.0 Å². The van der Waals surface area contributed by atoms with Crippen molar-refractivity contribution in [3.8, 4) is 0 Å². The molecule has 27 heteroatoms. The van der Waals surface area contributed by atoms with Crippen LogP contribution in [0, 0.1) is 5.41 Å². The molecular formula is C68H79ClF3N9O11S3. The van der Waals surface area contributed by atoms with Crippen LogP contribution in [0.5, 0.6) is 0 Å². The van der Waals surface area contributed by atoms with Crippen molar-refractivity contribution in [1.82, 2.24) is 30.1 Å². The number of hydrogen-bond donors (Lipinski definition) is 5. The monoisotopic (exact) mass is 1390 g/mol. The van der Waals surface area contributed by atoms with Crippen molar-refractivity contribution in [3.63, 3.8) is 0 Å². The summed E-state index contributed by atoms with van der Waals surface area (Å²) in [4.78, 5) is 84.2. The van der Waals surface area contributed by atoms with E-state index in [-0.39, 0.29) is 40.9 Å². The van der Waals surface area contributed by atoms with Gasteiger partial charge in [0, 0.05) is 117 Å². The number of nitrogens with one attached hydrogen (secondary N) is 5. The Hall–Kier alpha value is -7.33. The summed E-state index contributed by atoms with van der Waals surface area (Å²) >= 11 is 7.76. The minimum Gasteiger partial charge on any atom is -0.384 e. The van der Waals surface area contributed by atoms with E-state index >= 15 is 0 Å². The van der Waals surface area contributed by atoms with E-state index in [4.69, 9.17) is 16.3 Å². The number of unbranched alkanes of at least 4 members (excludes halogenated alkanes) is 4. The summed E-state index contributed by atoms with van der Waals surface area (Å²) in [6.45, 7) is 9.59. The highest BCUT2D eigenvalue weighted by Crippen LogP contribution is 2.44. The fraction of sp³-hybridized carbons (Fsp3) is 0.441. The molecule has 3 fully saturated rings. The largest absolute Gasteiger partial charge is 0.501 e. The summed E-state index contributed by atoms with van der Waals surface area (Å²) in [6.07, 6.45) is 7.59. The first-order chi connectivity index (χ1) is 45.4. The smallest absolute Gasteiger partial charge is 0.384 e. The van der Waals surface area contributed by atoms with E-state index < -0.39 is 82.5 Å². The van der Waals surface area contributed by atoms with Crippen molar-refractivity contribution < 1.29 is 63.5 Å². The SMILES string of the molecule is CC1(CNC(=O)CCCCCCCNc2cccc3c2C(=O)N(C2CCC(=O)NC2=O)C3=O)CCC(c2ccc(Cl)cc2)=C(CN2CCN(c3ccc(C(=O)NS(=O)(=O)c4ccc(N[C@H](CCN5CCOCC5)CSc5ccccc5)c(S(=O)(=O)C(F)(F)F)c4)cc3)CC2)C1. The molecule has 4 heterocycles. The minimum absolute atomic E-state index is 0.00428. The van der Waals surface area contributed by atoms with Crippen LogP contribution in [0.15, 0.2) is 136 Å². The number of carbonyl (C=O) groups is 6. The first-order valence-corrected chi connectivity index (χ1v) is 36.4. The van der Waals surface area contributed by atoms with E-state index in [1.165, 1.54) is 35.0 Å². The molecule has 0 bridgehead atoms. The normalized spacial score (nSPS) is 19.5. The lowest BCUT2D eigenvalue weighted by Crippen LogP contribution is -2.54. The lowest BCUT2D eigenvalue weighted by atomic mass is 9.71. The van der Waals surface area contributed by atoms with Crippen molar-refractivity contribution in [2.24, 2.45) is 5.41 Å². The second kappa shape index (κ2) is 31.3. The van der Waals surface area contributed by atoms with Gasteiger partial charge in [0.25, 0.3) is 37.6 Å². The number of amides is 6. The number of ether oxygens (including phenoxy) is 1. The molecule has 0 spiro atoms. The number of imide groups is 2. The summed E-state index contributed by atoms with van der Waals surface area (Å²) in [7, 11) is -11.0. The minimum atomic E-state index is -6.11. The number of sulfone groups is 1. The number of hydrogen-bond acceptors (Lipinski definition) is 17. The zero-order valence-electron chi connectivity index (χ0n) is 52.8. The van der Waals surface area contributed by atoms with Gasteiger partial charge in [0.05, 0.1) is 34.9 Å². The molecular weight excluding hydrogens is 1310 g/mol. The fourth-order valence-corrected chi connectivity index (χ4v) is 15.9. The van der Waals surface area contributed by atoms with Gasteiger partial charge in [0.15, 0.2) is 0 Å². The number of allylic oxidation sites excluding steroid dienone is 1. The number of carbonyl (C=O) groups excluding carboxylic acids is 6. The van der Waals surface area contributed by atoms with Crippen LogP contribution in [0.25, 0.3) is 5.57 Å². The van der Waals surface area contributed by atoms with Crippen LogP contribution in [0.2, 0.25) is 5.02 Å². The summed E-state index contributed by atoms with van der Waals surface area (Å²) in [6, 6.07) is 29.3. The van der Waals surface area contributed by atoms with Crippen molar-refractivity contribution in [1.29, 1.82) is 0 Å². The Morgan fingerprint density at radius 2 is 1.51 bits per heavy atom. The van der Waals surface area contributed by atoms with E-state index in [0.29, 0.717) is 114 Å². The van der Waals surface area contributed by atoms with Crippen molar-refractivity contribution >= 4 is 101 Å². The topological polar surface area (TPSA) is 253 Å². The fourth-order valence-electron chi connectivity index (χ4n) is 12.8. The Bertz CT molecular complexity index is 3890. The van der Waals surface area contributed by atoms with Crippen LogP contribution in [0.4, 0.5) is 30.2 Å². The number of morpholine rings is 1. The third-order valence-electron chi connectivity index (χ3n) is 18.1. The molecule has 0 radical (unpaired) electrons. The second-order valence-electron chi connectivity index (χ2n) is 25.0. The number of rotatable bonds is 28. The number of halogens is 4. The van der Waals surface area contributed by atoms with Crippen molar-refractivity contribution in [3.05, 3.63) is 148 Å². The summed E-state index contributed by atoms with van der Waals surface area (Å²) < 4.78 is 104. The predicted octanol–water partition coefficient (Wildman–Crippen LogP) is 9.78. The Kier molecular flexibility index (Phi) is 23.2. The molecule has 5 aliphatic rings. The van der Waals surface area contributed by atoms with Crippen LogP contribution in [0.1, 0.15) is 121 Å². The van der Waals surface area contributed by atoms with Gasteiger partial charge in [-0.25, -0.2) is 21.6 Å². The Balaban J connectivity index is 0.691. The summed E-state index contributed by atoms with van der Waals surface area (Å²) in [5.41, 5.74) is -1.04. The highest BCUT2D eigenvalue weighted by atomic mass is 35.5. The number of piperidine rings is 1. The predicted molar refractivity (Wildman–Crippen MR) is 359 cm³/mol. The maximum absolute atomic E-state index is 14.3. The lowest BCUT2D eigenvalue weighted by molar-refractivity contribution is -0.136. The van der Waals surface area contributed by atoms with Crippen LogP contribution in [0.3, 0.4) is 0 Å². The molecule has 3 saturated heterocycles. The number of thioether (sulfide) groups is 1. The Morgan fingerprint density at radius 1 is 0.789 bits per heavy atom. The average molecular weight is 1390 g/mol. The van der Waals surface area contributed by atoms with E-state index in [9.17, 15) is 58.8 Å². The Labute approximate surface area is 561 Å². The van der Waals surface area contributed by atoms with Crippen molar-refractivity contribution in [2.45, 2.75) is 116 Å². The second-order valence-corrected chi connectivity index (χ2v) is 30.2. The number of anilines is 3. The first-order valence-electron chi connectivity index (χ1n) is 32.1. The molecule has 10 rings (SSSR count). The number of nitrogens with zero attached hydrogens (tertiary/aromatic N) is 4. The molecule has 5 N–H and O–H groups in total. The number of benzene rings is 5. The molecule has 6 amide bonds. The maximum atomic E-state index is 14.3. The van der Waals surface area contributed by atoms with Gasteiger partial charge in [-0.15, -0.1) is 11.8 Å². The van der Waals surface area contributed by atoms with Crippen LogP contribution in [-0.4, -0.2) is 169 Å². The molecule has 3 atom stereocenters. The maximum Gasteiger partial charge on any atom is 0.501 e. The zero-order valence-corrected chi connectivity index (χ0v) is 56.0. The summed E-state index contributed by atoms with van der Waals surface area (Å²) in [5.74, 6) is -2.92. The van der Waals surface area contributed by atoms with Gasteiger partial charge in [-0.1, -0.05) is 79.8 Å². The third-order valence-corrected chi connectivity index (χ3v) is 22.4. The molecule has 1 aliphatic carbocycles. The molecule has 5 aromatic rings. The Morgan fingerprint density at radius 3 is 2.22 bits per heavy atom. The quantitative estimate of drug-likeness (QED) is 0.0177. The third kappa shape index (κ3) is 17.8. The number of fused-ring (bicyclic) bond motifs is 1. The van der Waals surface area contributed by atoms with E-state index in [2.05, 4.69) is 42.9 Å². The van der Waals surface area contributed by atoms with Gasteiger partial charge in [-0.3, -0.25) is 48.8 Å². The standard InChI is InChI=1S/C68H79ClF3N9O11S3/c1-67(45-74-60(82)15-8-3-2-4-9-31-73-57-14-10-13-55-62(57)66(87)81(65(55)86)58-26-27-61(83)76-64(58)85)30-28-54(46-16-20-49(69)21-17-46)48(42-67)43-79-33-35-80(36-34-79)51-22-18-47(19-23-51)63(84)77-95(90,91)53-24-25-56(59(41-53)94(88,89)68(70,71)72)75-50(29-32-78-37-39-92-40-38-78)44-93-52-11-6-5-7-12-52/h5-7,10-14,16-25,41,50,58,73,75H,2-4,8-9,15,26-40,42-45H2,1H3,(H,74,82)(H,77,84)(H,76,83,85)/t50-,58?,67?/m1/s1. The van der Waals surface area contributed by atoms with Crippen LogP contribution < -0.4 is 30.9 Å². The summed E-state index contributed by atoms with van der Waals surface area (Å²) in [5, 5.41) is 12.4. The first kappa shape index (κ1) is 70.5. The van der Waals surface area contributed by atoms with Gasteiger partial charge in [0.2, 0.25) is 17.7 Å². The van der Waals surface area contributed by atoms with Gasteiger partial charge in [-0.05, 0) is 140 Å². The van der Waals surface area contributed by atoms with Gasteiger partial charge >= 0.3 is 5.51 Å². The number of alkyl halides is 3. The highest BCUT2D eigenvalue weighted by Gasteiger charge is 2.49. The van der Waals surface area contributed by atoms with Crippen molar-refractivity contribution in [2.75, 3.05) is 99.9 Å². The van der Waals surface area contributed by atoms with Gasteiger partial charge in [0.1, 0.15) is 10.9 Å².